The van der Waals surface area contributed by atoms with Crippen molar-refractivity contribution in [2.45, 2.75) is 72.5 Å². The maximum atomic E-state index is 13.0. The Labute approximate surface area is 181 Å². The molecule has 2 aromatic heterocycles. The predicted octanol–water partition coefficient (Wildman–Crippen LogP) is 3.07. The van der Waals surface area contributed by atoms with Gasteiger partial charge in [0, 0.05) is 18.0 Å². The summed E-state index contributed by atoms with van der Waals surface area (Å²) >= 11 is 0. The zero-order valence-electron chi connectivity index (χ0n) is 19.3. The van der Waals surface area contributed by atoms with Gasteiger partial charge in [-0.1, -0.05) is 32.9 Å². The number of aromatic nitrogens is 4. The van der Waals surface area contributed by atoms with Crippen LogP contribution in [0.25, 0.3) is 10.9 Å². The van der Waals surface area contributed by atoms with E-state index in [2.05, 4.69) is 26.1 Å². The van der Waals surface area contributed by atoms with Crippen LogP contribution in [0.15, 0.2) is 39.9 Å². The molecule has 31 heavy (non-hydrogen) atoms. The number of hydrogen-bond acceptors (Lipinski definition) is 4. The number of amides is 1. The zero-order chi connectivity index (χ0) is 23.1. The number of fused-ring (bicyclic) bond motifs is 1. The third-order valence-corrected chi connectivity index (χ3v) is 5.13. The predicted molar refractivity (Wildman–Crippen MR) is 123 cm³/mol. The average Bonchev–Trinajstić information content (AvgIpc) is 3.10. The highest BCUT2D eigenvalue weighted by atomic mass is 16.2. The highest BCUT2D eigenvalue weighted by Crippen LogP contribution is 2.28. The van der Waals surface area contributed by atoms with Crippen molar-refractivity contribution in [3.05, 3.63) is 56.9 Å². The quantitative estimate of drug-likeness (QED) is 0.695. The van der Waals surface area contributed by atoms with E-state index >= 15 is 0 Å². The fourth-order valence-electron chi connectivity index (χ4n) is 3.48. The first-order valence-electron chi connectivity index (χ1n) is 10.5. The topological polar surface area (TPSA) is 90.9 Å². The summed E-state index contributed by atoms with van der Waals surface area (Å²) in [7, 11) is 0. The maximum Gasteiger partial charge on any atom is 0.331 e. The summed E-state index contributed by atoms with van der Waals surface area (Å²) in [5, 5.41) is 8.03. The molecule has 0 bridgehead atoms. The van der Waals surface area contributed by atoms with Gasteiger partial charge in [-0.25, -0.2) is 9.48 Å². The molecule has 0 radical (unpaired) electrons. The molecule has 0 spiro atoms. The molecule has 8 heteroatoms. The molecule has 8 nitrogen and oxygen atoms in total. The Balaban J connectivity index is 2.03. The van der Waals surface area contributed by atoms with E-state index in [9.17, 15) is 14.4 Å². The lowest BCUT2D eigenvalue weighted by molar-refractivity contribution is -0.116. The molecule has 1 N–H and O–H groups in total. The summed E-state index contributed by atoms with van der Waals surface area (Å²) in [4.78, 5) is 38.5. The van der Waals surface area contributed by atoms with Crippen molar-refractivity contribution < 1.29 is 4.79 Å². The van der Waals surface area contributed by atoms with Crippen molar-refractivity contribution >= 4 is 22.6 Å². The molecule has 3 aromatic rings. The first kappa shape index (κ1) is 22.5. The molecule has 0 saturated heterocycles. The van der Waals surface area contributed by atoms with Gasteiger partial charge in [-0.15, -0.1) is 0 Å². The fourth-order valence-corrected chi connectivity index (χ4v) is 3.48. The number of hydrogen-bond donors (Lipinski definition) is 1. The summed E-state index contributed by atoms with van der Waals surface area (Å²) in [6.45, 7) is 14.0. The van der Waals surface area contributed by atoms with Gasteiger partial charge >= 0.3 is 5.69 Å². The standard InChI is InChI=1S/C23H31N5O3/c1-8-26-20(30)15-11-9-10-12-16(15)27(21(26)31)14-19(29)24-18-13-17(22(2,3)4)25-28(18)23(5,6)7/h9-13H,8,14H2,1-7H3,(H,24,29). The van der Waals surface area contributed by atoms with Gasteiger partial charge in [0.1, 0.15) is 12.4 Å². The zero-order valence-corrected chi connectivity index (χ0v) is 19.3. The Morgan fingerprint density at radius 2 is 1.68 bits per heavy atom. The van der Waals surface area contributed by atoms with Crippen LogP contribution in [0, 0.1) is 0 Å². The molecule has 0 atom stereocenters. The number of benzene rings is 1. The molecule has 1 amide bonds. The lowest BCUT2D eigenvalue weighted by Gasteiger charge is -2.23. The molecule has 1 aromatic carbocycles. The Morgan fingerprint density at radius 1 is 1.03 bits per heavy atom. The van der Waals surface area contributed by atoms with Crippen LogP contribution in [0.5, 0.6) is 0 Å². The molecule has 2 heterocycles. The van der Waals surface area contributed by atoms with Gasteiger partial charge in [0.2, 0.25) is 5.91 Å². The molecule has 166 valence electrons. The fraction of sp³-hybridized carbons (Fsp3) is 0.478. The van der Waals surface area contributed by atoms with Crippen molar-refractivity contribution in [2.75, 3.05) is 5.32 Å². The van der Waals surface area contributed by atoms with E-state index in [-0.39, 0.29) is 35.5 Å². The third kappa shape index (κ3) is 4.33. The van der Waals surface area contributed by atoms with Crippen molar-refractivity contribution in [2.24, 2.45) is 0 Å². The summed E-state index contributed by atoms with van der Waals surface area (Å²) < 4.78 is 4.28. The Bertz CT molecular complexity index is 1250. The molecule has 0 unspecified atom stereocenters. The van der Waals surface area contributed by atoms with Crippen molar-refractivity contribution in [3.8, 4) is 0 Å². The van der Waals surface area contributed by atoms with Crippen LogP contribution in [0.2, 0.25) is 0 Å². The largest absolute Gasteiger partial charge is 0.331 e. The Kier molecular flexibility index (Phi) is 5.69. The smallest absolute Gasteiger partial charge is 0.309 e. The lowest BCUT2D eigenvalue weighted by atomic mass is 9.92. The van der Waals surface area contributed by atoms with Crippen LogP contribution in [0.3, 0.4) is 0 Å². The maximum absolute atomic E-state index is 13.0. The molecular weight excluding hydrogens is 394 g/mol. The molecule has 0 saturated carbocycles. The summed E-state index contributed by atoms with van der Waals surface area (Å²) in [5.41, 5.74) is -0.0662. The Hall–Kier alpha value is -3.16. The molecule has 0 aliphatic carbocycles. The first-order chi connectivity index (χ1) is 14.3. The van der Waals surface area contributed by atoms with E-state index in [1.165, 1.54) is 4.57 Å². The normalized spacial score (nSPS) is 12.4. The number of nitrogens with zero attached hydrogens (tertiary/aromatic N) is 4. The van der Waals surface area contributed by atoms with Crippen LogP contribution >= 0.6 is 0 Å². The molecule has 0 aliphatic rings. The second-order valence-corrected chi connectivity index (χ2v) is 9.73. The molecular formula is C23H31N5O3. The summed E-state index contributed by atoms with van der Waals surface area (Å²) in [6, 6.07) is 8.71. The second kappa shape index (κ2) is 7.83. The van der Waals surface area contributed by atoms with Crippen LogP contribution in [0.1, 0.15) is 54.2 Å². The minimum atomic E-state index is -0.499. The van der Waals surface area contributed by atoms with Crippen LogP contribution in [0.4, 0.5) is 5.82 Å². The number of carbonyl (C=O) groups excluding carboxylic acids is 1. The number of anilines is 1. The SMILES string of the molecule is CCn1c(=O)c2ccccc2n(CC(=O)Nc2cc(C(C)(C)C)nn2C(C)(C)C)c1=O. The number of rotatable bonds is 4. The number of nitrogens with one attached hydrogen (secondary N) is 1. The van der Waals surface area contributed by atoms with Gasteiger partial charge in [0.15, 0.2) is 0 Å². The minimum absolute atomic E-state index is 0.181. The van der Waals surface area contributed by atoms with E-state index in [1.54, 1.807) is 35.9 Å². The van der Waals surface area contributed by atoms with Crippen molar-refractivity contribution in [3.63, 3.8) is 0 Å². The number of para-hydroxylation sites is 1. The van der Waals surface area contributed by atoms with Crippen molar-refractivity contribution in [1.82, 2.24) is 18.9 Å². The minimum Gasteiger partial charge on any atom is -0.309 e. The molecule has 3 rings (SSSR count). The van der Waals surface area contributed by atoms with E-state index in [0.29, 0.717) is 16.7 Å². The van der Waals surface area contributed by atoms with Crippen molar-refractivity contribution in [1.29, 1.82) is 0 Å². The second-order valence-electron chi connectivity index (χ2n) is 9.73. The Morgan fingerprint density at radius 3 is 2.26 bits per heavy atom. The van der Waals surface area contributed by atoms with Crippen LogP contribution in [-0.4, -0.2) is 24.8 Å². The van der Waals surface area contributed by atoms with E-state index in [1.807, 2.05) is 26.8 Å². The van der Waals surface area contributed by atoms with Gasteiger partial charge in [-0.2, -0.15) is 5.10 Å². The average molecular weight is 426 g/mol. The molecule has 0 aliphatic heterocycles. The van der Waals surface area contributed by atoms with E-state index in [4.69, 9.17) is 5.10 Å². The number of carbonyl (C=O) groups is 1. The lowest BCUT2D eigenvalue weighted by Crippen LogP contribution is -2.41. The molecule has 0 fully saturated rings. The monoisotopic (exact) mass is 425 g/mol. The van der Waals surface area contributed by atoms with Crippen LogP contribution in [-0.2, 0) is 28.8 Å². The van der Waals surface area contributed by atoms with E-state index in [0.717, 1.165) is 10.3 Å². The highest BCUT2D eigenvalue weighted by Gasteiger charge is 2.26. The van der Waals surface area contributed by atoms with Gasteiger partial charge in [0.25, 0.3) is 5.56 Å². The van der Waals surface area contributed by atoms with Gasteiger partial charge in [-0.05, 0) is 39.8 Å². The third-order valence-electron chi connectivity index (χ3n) is 5.13. The van der Waals surface area contributed by atoms with Gasteiger partial charge < -0.3 is 5.32 Å². The highest BCUT2D eigenvalue weighted by molar-refractivity contribution is 5.91. The van der Waals surface area contributed by atoms with Gasteiger partial charge in [0.05, 0.1) is 22.1 Å². The van der Waals surface area contributed by atoms with Gasteiger partial charge in [-0.3, -0.25) is 18.7 Å². The van der Waals surface area contributed by atoms with E-state index < -0.39 is 5.69 Å². The van der Waals surface area contributed by atoms with Crippen LogP contribution < -0.4 is 16.6 Å². The summed E-state index contributed by atoms with van der Waals surface area (Å²) in [5.74, 6) is 0.211. The first-order valence-corrected chi connectivity index (χ1v) is 10.5. The summed E-state index contributed by atoms with van der Waals surface area (Å²) in [6.07, 6.45) is 0.